The molecule has 0 aliphatic carbocycles. The molecule has 1 amide bonds. The van der Waals surface area contributed by atoms with Crippen LogP contribution in [-0.4, -0.2) is 74.5 Å². The molecule has 0 atom stereocenters. The van der Waals surface area contributed by atoms with E-state index in [0.29, 0.717) is 29.6 Å². The summed E-state index contributed by atoms with van der Waals surface area (Å²) in [6, 6.07) is 3.78. The topological polar surface area (TPSA) is 104 Å². The molecule has 10 heteroatoms. The molecule has 0 unspecified atom stereocenters. The van der Waals surface area contributed by atoms with E-state index >= 15 is 0 Å². The standard InChI is InChI=1S/C25H32N8O2/c1-4-12-32-18-21(20-6-10-28-23(20)25(32)35)24(34)30(3)19-7-14-31(15-8-19)22(26-2)17-27-11-16-33-13-5-9-29-33/h4-6,9-11,13,17-19,26,28H,1,7-8,12,14-16H2,2-3H3/b22-17+,27-11?. The second kappa shape index (κ2) is 10.9. The van der Waals surface area contributed by atoms with Crippen molar-refractivity contribution in [2.24, 2.45) is 4.99 Å². The Labute approximate surface area is 204 Å². The summed E-state index contributed by atoms with van der Waals surface area (Å²) in [7, 11) is 3.73. The molecule has 1 aliphatic rings. The zero-order valence-corrected chi connectivity index (χ0v) is 20.2. The third-order valence-electron chi connectivity index (χ3n) is 6.41. The van der Waals surface area contributed by atoms with Crippen LogP contribution in [0.4, 0.5) is 0 Å². The lowest BCUT2D eigenvalue weighted by Crippen LogP contribution is -2.46. The number of amides is 1. The molecule has 0 aromatic carbocycles. The highest BCUT2D eigenvalue weighted by Crippen LogP contribution is 2.22. The summed E-state index contributed by atoms with van der Waals surface area (Å²) in [6.07, 6.45) is 13.9. The molecule has 4 rings (SSSR count). The molecule has 184 valence electrons. The van der Waals surface area contributed by atoms with Crippen molar-refractivity contribution in [2.75, 3.05) is 27.2 Å². The van der Waals surface area contributed by atoms with Gasteiger partial charge in [0.15, 0.2) is 0 Å². The Balaban J connectivity index is 1.41. The summed E-state index contributed by atoms with van der Waals surface area (Å²) in [5, 5.41) is 8.04. The summed E-state index contributed by atoms with van der Waals surface area (Å²) in [5.41, 5.74) is 0.809. The van der Waals surface area contributed by atoms with Gasteiger partial charge in [0.2, 0.25) is 0 Å². The van der Waals surface area contributed by atoms with Crippen LogP contribution in [0.3, 0.4) is 0 Å². The number of rotatable bonds is 9. The quantitative estimate of drug-likeness (QED) is 0.363. The fourth-order valence-electron chi connectivity index (χ4n) is 4.46. The third kappa shape index (κ3) is 5.21. The molecule has 1 saturated heterocycles. The number of likely N-dealkylation sites (tertiary alicyclic amines) is 1. The molecule has 10 nitrogen and oxygen atoms in total. The molecule has 0 spiro atoms. The third-order valence-corrected chi connectivity index (χ3v) is 6.41. The van der Waals surface area contributed by atoms with Crippen LogP contribution in [0.15, 0.2) is 71.4 Å². The van der Waals surface area contributed by atoms with Crippen molar-refractivity contribution in [1.82, 2.24) is 34.4 Å². The van der Waals surface area contributed by atoms with Crippen LogP contribution < -0.4 is 10.9 Å². The Hall–Kier alpha value is -4.08. The van der Waals surface area contributed by atoms with E-state index in [9.17, 15) is 9.59 Å². The zero-order chi connectivity index (χ0) is 24.8. The van der Waals surface area contributed by atoms with Gasteiger partial charge in [0, 0.05) is 76.2 Å². The number of piperidine rings is 1. The Morgan fingerprint density at radius 1 is 1.37 bits per heavy atom. The van der Waals surface area contributed by atoms with Crippen LogP contribution in [0.2, 0.25) is 0 Å². The van der Waals surface area contributed by atoms with Gasteiger partial charge in [-0.3, -0.25) is 19.3 Å². The van der Waals surface area contributed by atoms with E-state index in [1.54, 1.807) is 35.4 Å². The molecular formula is C25H32N8O2. The second-order valence-electron chi connectivity index (χ2n) is 8.51. The lowest BCUT2D eigenvalue weighted by atomic mass is 10.0. The molecule has 35 heavy (non-hydrogen) atoms. The smallest absolute Gasteiger partial charge is 0.275 e. The fraction of sp³-hybridized carbons (Fsp3) is 0.360. The van der Waals surface area contributed by atoms with Crippen molar-refractivity contribution in [3.05, 3.63) is 77.5 Å². The van der Waals surface area contributed by atoms with E-state index in [1.807, 2.05) is 43.7 Å². The summed E-state index contributed by atoms with van der Waals surface area (Å²) in [5.74, 6) is 0.859. The van der Waals surface area contributed by atoms with E-state index in [2.05, 4.69) is 31.9 Å². The molecule has 3 aromatic rings. The zero-order valence-electron chi connectivity index (χ0n) is 20.2. The molecule has 1 fully saturated rings. The number of fused-ring (bicyclic) bond motifs is 1. The number of pyridine rings is 1. The van der Waals surface area contributed by atoms with E-state index in [-0.39, 0.29) is 17.5 Å². The normalized spacial score (nSPS) is 15.1. The van der Waals surface area contributed by atoms with Crippen molar-refractivity contribution >= 4 is 23.0 Å². The van der Waals surface area contributed by atoms with Crippen LogP contribution in [0.25, 0.3) is 10.9 Å². The molecule has 3 aromatic heterocycles. The number of carbonyl (C=O) groups excluding carboxylic acids is 1. The van der Waals surface area contributed by atoms with Crippen molar-refractivity contribution in [3.8, 4) is 0 Å². The van der Waals surface area contributed by atoms with Gasteiger partial charge in [0.25, 0.3) is 11.5 Å². The Bertz CT molecular complexity index is 1280. The molecule has 0 radical (unpaired) electrons. The number of hydrogen-bond acceptors (Lipinski definition) is 6. The number of aromatic nitrogens is 4. The highest BCUT2D eigenvalue weighted by molar-refractivity contribution is 6.05. The Morgan fingerprint density at radius 2 is 2.17 bits per heavy atom. The number of H-pyrrole nitrogens is 1. The highest BCUT2D eigenvalue weighted by atomic mass is 16.2. The van der Waals surface area contributed by atoms with Gasteiger partial charge < -0.3 is 24.7 Å². The van der Waals surface area contributed by atoms with Crippen LogP contribution in [0.5, 0.6) is 0 Å². The number of allylic oxidation sites excluding steroid dienone is 1. The maximum atomic E-state index is 13.5. The molecular weight excluding hydrogens is 444 g/mol. The number of carbonyl (C=O) groups is 1. The maximum absolute atomic E-state index is 13.5. The fourth-order valence-corrected chi connectivity index (χ4v) is 4.46. The first-order valence-electron chi connectivity index (χ1n) is 11.7. The van der Waals surface area contributed by atoms with Crippen molar-refractivity contribution in [1.29, 1.82) is 0 Å². The van der Waals surface area contributed by atoms with E-state index in [1.165, 1.54) is 4.57 Å². The predicted octanol–water partition coefficient (Wildman–Crippen LogP) is 2.04. The van der Waals surface area contributed by atoms with Crippen LogP contribution >= 0.6 is 0 Å². The molecule has 4 heterocycles. The van der Waals surface area contributed by atoms with Crippen LogP contribution in [-0.2, 0) is 13.1 Å². The summed E-state index contributed by atoms with van der Waals surface area (Å²) in [4.78, 5) is 37.6. The van der Waals surface area contributed by atoms with Gasteiger partial charge in [0.05, 0.1) is 18.3 Å². The van der Waals surface area contributed by atoms with Crippen molar-refractivity contribution < 1.29 is 4.79 Å². The van der Waals surface area contributed by atoms with Gasteiger partial charge in [-0.1, -0.05) is 6.08 Å². The monoisotopic (exact) mass is 476 g/mol. The average Bonchev–Trinajstić information content (AvgIpc) is 3.58. The molecule has 2 N–H and O–H groups in total. The van der Waals surface area contributed by atoms with E-state index in [0.717, 1.165) is 31.8 Å². The van der Waals surface area contributed by atoms with Gasteiger partial charge in [-0.25, -0.2) is 0 Å². The van der Waals surface area contributed by atoms with E-state index in [4.69, 9.17) is 0 Å². The van der Waals surface area contributed by atoms with Crippen molar-refractivity contribution in [3.63, 3.8) is 0 Å². The number of hydrogen-bond donors (Lipinski definition) is 2. The molecule has 0 bridgehead atoms. The Morgan fingerprint density at radius 3 is 2.86 bits per heavy atom. The van der Waals surface area contributed by atoms with Gasteiger partial charge in [-0.15, -0.1) is 6.58 Å². The summed E-state index contributed by atoms with van der Waals surface area (Å²) < 4.78 is 3.33. The minimum absolute atomic E-state index is 0.0848. The summed E-state index contributed by atoms with van der Waals surface area (Å²) in [6.45, 7) is 6.29. The Kier molecular flexibility index (Phi) is 7.49. The van der Waals surface area contributed by atoms with Crippen molar-refractivity contribution in [2.45, 2.75) is 32.0 Å². The molecule has 0 saturated carbocycles. The lowest BCUT2D eigenvalue weighted by Gasteiger charge is -2.38. The predicted molar refractivity (Wildman–Crippen MR) is 137 cm³/mol. The second-order valence-corrected chi connectivity index (χ2v) is 8.51. The van der Waals surface area contributed by atoms with E-state index < -0.39 is 0 Å². The van der Waals surface area contributed by atoms with Gasteiger partial charge in [-0.2, -0.15) is 5.10 Å². The number of nitrogens with zero attached hydrogens (tertiary/aromatic N) is 6. The summed E-state index contributed by atoms with van der Waals surface area (Å²) >= 11 is 0. The van der Waals surface area contributed by atoms with Gasteiger partial charge >= 0.3 is 0 Å². The minimum Gasteiger partial charge on any atom is -0.374 e. The SMILES string of the molecule is C=CCn1cc(C(=O)N(C)C2CCN(/C(=C/N=CCn3cccn3)NC)CC2)c2cc[nH]c2c1=O. The molecule has 1 aliphatic heterocycles. The minimum atomic E-state index is -0.156. The van der Waals surface area contributed by atoms with Gasteiger partial charge in [-0.05, 0) is 25.0 Å². The first-order chi connectivity index (χ1) is 17.0. The average molecular weight is 477 g/mol. The number of aliphatic imine (C=N–C) groups is 1. The number of nitrogens with one attached hydrogen (secondary N) is 2. The van der Waals surface area contributed by atoms with Crippen LogP contribution in [0.1, 0.15) is 23.2 Å². The largest absolute Gasteiger partial charge is 0.374 e. The maximum Gasteiger partial charge on any atom is 0.275 e. The van der Waals surface area contributed by atoms with Crippen LogP contribution in [0, 0.1) is 0 Å². The first kappa shape index (κ1) is 24.1. The number of aromatic amines is 1. The first-order valence-corrected chi connectivity index (χ1v) is 11.7. The van der Waals surface area contributed by atoms with Gasteiger partial charge in [0.1, 0.15) is 11.3 Å². The highest BCUT2D eigenvalue weighted by Gasteiger charge is 2.28. The lowest BCUT2D eigenvalue weighted by molar-refractivity contribution is 0.0661.